The van der Waals surface area contributed by atoms with Crippen molar-refractivity contribution in [2.24, 2.45) is 7.05 Å². The highest BCUT2D eigenvalue weighted by Crippen LogP contribution is 2.34. The number of hydrogen-bond acceptors (Lipinski definition) is 5. The molecule has 0 aliphatic carbocycles. The normalized spacial score (nSPS) is 19.8. The Morgan fingerprint density at radius 3 is 3.04 bits per heavy atom. The lowest BCUT2D eigenvalue weighted by atomic mass is 9.98. The minimum atomic E-state index is 0.315. The van der Waals surface area contributed by atoms with E-state index in [0.29, 0.717) is 19.3 Å². The summed E-state index contributed by atoms with van der Waals surface area (Å²) in [5.41, 5.74) is 3.68. The molecule has 23 heavy (non-hydrogen) atoms. The summed E-state index contributed by atoms with van der Waals surface area (Å²) < 4.78 is 18.4. The van der Waals surface area contributed by atoms with E-state index >= 15 is 0 Å². The van der Waals surface area contributed by atoms with Gasteiger partial charge < -0.3 is 18.8 Å². The third kappa shape index (κ3) is 2.68. The molecule has 0 amide bonds. The Balaban J connectivity index is 1.54. The lowest BCUT2D eigenvalue weighted by Crippen LogP contribution is -2.35. The van der Waals surface area contributed by atoms with Crippen LogP contribution < -0.4 is 9.47 Å². The van der Waals surface area contributed by atoms with Gasteiger partial charge in [0.2, 0.25) is 6.79 Å². The first-order valence-electron chi connectivity index (χ1n) is 7.84. The SMILES string of the molecule is COC[C@@H]1CN(Cc2ccc3c(c2)OCO3)Cc2ncn(C)c21. The highest BCUT2D eigenvalue weighted by molar-refractivity contribution is 5.44. The standard InChI is InChI=1S/C17H21N3O3/c1-19-10-18-14-8-20(7-13(9-21-2)17(14)19)6-12-3-4-15-16(5-12)23-11-22-15/h3-5,10,13H,6-9,11H2,1-2H3/t13-/m0/s1. The van der Waals surface area contributed by atoms with E-state index in [1.807, 2.05) is 12.4 Å². The number of methoxy groups -OCH3 is 1. The molecule has 3 heterocycles. The maximum atomic E-state index is 5.47. The largest absolute Gasteiger partial charge is 0.454 e. The number of nitrogens with zero attached hydrogens (tertiary/aromatic N) is 3. The number of imidazole rings is 1. The van der Waals surface area contributed by atoms with Gasteiger partial charge in [0.25, 0.3) is 0 Å². The third-order valence-electron chi connectivity index (χ3n) is 4.51. The summed E-state index contributed by atoms with van der Waals surface area (Å²) in [6, 6.07) is 6.16. The first-order chi connectivity index (χ1) is 11.2. The van der Waals surface area contributed by atoms with Crippen LogP contribution in [0.15, 0.2) is 24.5 Å². The highest BCUT2D eigenvalue weighted by Gasteiger charge is 2.29. The van der Waals surface area contributed by atoms with Crippen molar-refractivity contribution in [2.75, 3.05) is 27.1 Å². The van der Waals surface area contributed by atoms with Crippen LogP contribution in [0.4, 0.5) is 0 Å². The van der Waals surface area contributed by atoms with Crippen molar-refractivity contribution in [3.8, 4) is 11.5 Å². The molecule has 6 nitrogen and oxygen atoms in total. The summed E-state index contributed by atoms with van der Waals surface area (Å²) in [4.78, 5) is 6.97. The van der Waals surface area contributed by atoms with Crippen LogP contribution in [0.3, 0.4) is 0 Å². The minimum Gasteiger partial charge on any atom is -0.454 e. The van der Waals surface area contributed by atoms with E-state index in [-0.39, 0.29) is 0 Å². The third-order valence-corrected chi connectivity index (χ3v) is 4.51. The summed E-state index contributed by atoms with van der Waals surface area (Å²) in [5.74, 6) is 2.02. The van der Waals surface area contributed by atoms with Crippen LogP contribution in [0, 0.1) is 0 Å². The van der Waals surface area contributed by atoms with Gasteiger partial charge in [0.15, 0.2) is 11.5 Å². The first kappa shape index (κ1) is 14.5. The van der Waals surface area contributed by atoms with Crippen molar-refractivity contribution in [1.29, 1.82) is 0 Å². The van der Waals surface area contributed by atoms with E-state index in [2.05, 4.69) is 33.6 Å². The maximum Gasteiger partial charge on any atom is 0.231 e. The fourth-order valence-electron chi connectivity index (χ4n) is 3.56. The van der Waals surface area contributed by atoms with Crippen LogP contribution in [0.1, 0.15) is 22.9 Å². The maximum absolute atomic E-state index is 5.47. The van der Waals surface area contributed by atoms with Gasteiger partial charge in [-0.15, -0.1) is 0 Å². The number of ether oxygens (including phenoxy) is 3. The van der Waals surface area contributed by atoms with Crippen molar-refractivity contribution in [2.45, 2.75) is 19.0 Å². The Hall–Kier alpha value is -2.05. The van der Waals surface area contributed by atoms with Crippen LogP contribution in [-0.4, -0.2) is 41.5 Å². The fraction of sp³-hybridized carbons (Fsp3) is 0.471. The molecule has 0 spiro atoms. The predicted octanol–water partition coefficient (Wildman–Crippen LogP) is 1.89. The molecular formula is C17H21N3O3. The van der Waals surface area contributed by atoms with Crippen LogP contribution >= 0.6 is 0 Å². The lowest BCUT2D eigenvalue weighted by molar-refractivity contribution is 0.132. The van der Waals surface area contributed by atoms with Crippen molar-refractivity contribution >= 4 is 0 Å². The molecule has 1 aromatic carbocycles. The Bertz CT molecular complexity index is 713. The molecule has 2 aliphatic rings. The quantitative estimate of drug-likeness (QED) is 0.862. The second kappa shape index (κ2) is 5.86. The second-order valence-corrected chi connectivity index (χ2v) is 6.20. The van der Waals surface area contributed by atoms with E-state index in [1.165, 1.54) is 11.3 Å². The molecule has 6 heteroatoms. The molecule has 0 saturated carbocycles. The lowest BCUT2D eigenvalue weighted by Gasteiger charge is -2.32. The van der Waals surface area contributed by atoms with E-state index in [9.17, 15) is 0 Å². The summed E-state index contributed by atoms with van der Waals surface area (Å²) in [6.45, 7) is 3.73. The number of benzene rings is 1. The number of aromatic nitrogens is 2. The van der Waals surface area contributed by atoms with Gasteiger partial charge in [0.1, 0.15) is 0 Å². The number of hydrogen-bond donors (Lipinski definition) is 0. The molecule has 1 aromatic heterocycles. The number of rotatable bonds is 4. The van der Waals surface area contributed by atoms with Gasteiger partial charge in [0, 0.05) is 45.4 Å². The van der Waals surface area contributed by atoms with E-state index < -0.39 is 0 Å². The fourth-order valence-corrected chi connectivity index (χ4v) is 3.56. The molecule has 0 radical (unpaired) electrons. The minimum absolute atomic E-state index is 0.315. The first-order valence-corrected chi connectivity index (χ1v) is 7.84. The molecule has 0 fully saturated rings. The summed E-state index contributed by atoms with van der Waals surface area (Å²) in [6.07, 6.45) is 1.90. The van der Waals surface area contributed by atoms with Gasteiger partial charge in [-0.1, -0.05) is 6.07 Å². The molecule has 0 saturated heterocycles. The second-order valence-electron chi connectivity index (χ2n) is 6.20. The molecule has 0 bridgehead atoms. The average molecular weight is 315 g/mol. The molecule has 0 unspecified atom stereocenters. The summed E-state index contributed by atoms with van der Waals surface area (Å²) >= 11 is 0. The van der Waals surface area contributed by atoms with Crippen LogP contribution in [-0.2, 0) is 24.9 Å². The van der Waals surface area contributed by atoms with E-state index in [1.54, 1.807) is 7.11 Å². The van der Waals surface area contributed by atoms with Crippen molar-refractivity contribution in [3.05, 3.63) is 41.5 Å². The van der Waals surface area contributed by atoms with Crippen molar-refractivity contribution in [3.63, 3.8) is 0 Å². The molecule has 122 valence electrons. The molecule has 4 rings (SSSR count). The molecule has 1 atom stereocenters. The van der Waals surface area contributed by atoms with Gasteiger partial charge in [-0.25, -0.2) is 4.98 Å². The van der Waals surface area contributed by atoms with E-state index in [4.69, 9.17) is 14.2 Å². The van der Waals surface area contributed by atoms with Crippen LogP contribution in [0.25, 0.3) is 0 Å². The Morgan fingerprint density at radius 1 is 1.30 bits per heavy atom. The van der Waals surface area contributed by atoms with E-state index in [0.717, 1.165) is 36.8 Å². The summed E-state index contributed by atoms with van der Waals surface area (Å²) in [7, 11) is 3.81. The van der Waals surface area contributed by atoms with Gasteiger partial charge in [-0.05, 0) is 17.7 Å². The summed E-state index contributed by atoms with van der Waals surface area (Å²) in [5, 5.41) is 0. The number of fused-ring (bicyclic) bond motifs is 2. The Labute approximate surface area is 135 Å². The monoisotopic (exact) mass is 315 g/mol. The predicted molar refractivity (Wildman–Crippen MR) is 84.5 cm³/mol. The molecular weight excluding hydrogens is 294 g/mol. The smallest absolute Gasteiger partial charge is 0.231 e. The molecule has 2 aromatic rings. The van der Waals surface area contributed by atoms with Gasteiger partial charge in [0.05, 0.1) is 18.6 Å². The highest BCUT2D eigenvalue weighted by atomic mass is 16.7. The molecule has 0 N–H and O–H groups in total. The number of aryl methyl sites for hydroxylation is 1. The zero-order chi connectivity index (χ0) is 15.8. The average Bonchev–Trinajstić information content (AvgIpc) is 3.14. The van der Waals surface area contributed by atoms with Crippen molar-refractivity contribution < 1.29 is 14.2 Å². The zero-order valence-electron chi connectivity index (χ0n) is 13.5. The van der Waals surface area contributed by atoms with Crippen LogP contribution in [0.5, 0.6) is 11.5 Å². The topological polar surface area (TPSA) is 48.8 Å². The Morgan fingerprint density at radius 2 is 2.17 bits per heavy atom. The zero-order valence-corrected chi connectivity index (χ0v) is 13.5. The van der Waals surface area contributed by atoms with Gasteiger partial charge in [-0.3, -0.25) is 4.90 Å². The Kier molecular flexibility index (Phi) is 3.71. The van der Waals surface area contributed by atoms with Gasteiger partial charge in [-0.2, -0.15) is 0 Å². The van der Waals surface area contributed by atoms with Crippen LogP contribution in [0.2, 0.25) is 0 Å². The molecule has 2 aliphatic heterocycles. The van der Waals surface area contributed by atoms with Gasteiger partial charge >= 0.3 is 0 Å². The van der Waals surface area contributed by atoms with Crippen molar-refractivity contribution in [1.82, 2.24) is 14.5 Å².